The fourth-order valence-corrected chi connectivity index (χ4v) is 1.86. The second-order valence-corrected chi connectivity index (χ2v) is 4.02. The molecule has 0 fully saturated rings. The number of aryl methyl sites for hydroxylation is 1. The molecule has 3 rings (SSSR count). The Kier molecular flexibility index (Phi) is 2.44. The second-order valence-electron chi connectivity index (χ2n) is 4.02. The lowest BCUT2D eigenvalue weighted by molar-refractivity contribution is 0.896. The van der Waals surface area contributed by atoms with E-state index in [4.69, 9.17) is 5.73 Å². The molecular weight excluding hydrogens is 226 g/mol. The molecule has 18 heavy (non-hydrogen) atoms. The number of para-hydroxylation sites is 1. The fourth-order valence-electron chi connectivity index (χ4n) is 1.86. The molecule has 0 amide bonds. The number of anilines is 1. The molecule has 0 aliphatic carbocycles. The summed E-state index contributed by atoms with van der Waals surface area (Å²) in [4.78, 5) is 8.64. The Morgan fingerprint density at radius 2 is 1.94 bits per heavy atom. The first-order valence-electron chi connectivity index (χ1n) is 5.85. The van der Waals surface area contributed by atoms with Crippen molar-refractivity contribution < 1.29 is 0 Å². The van der Waals surface area contributed by atoms with Gasteiger partial charge in [0.05, 0.1) is 11.9 Å². The number of hydrogen-bond acceptors (Lipinski definition) is 4. The topological polar surface area (TPSA) is 69.6 Å². The summed E-state index contributed by atoms with van der Waals surface area (Å²) >= 11 is 0. The van der Waals surface area contributed by atoms with Gasteiger partial charge in [-0.1, -0.05) is 25.1 Å². The fraction of sp³-hybridized carbons (Fsp3) is 0.154. The van der Waals surface area contributed by atoms with E-state index in [0.717, 1.165) is 23.4 Å². The molecular formula is C13H13N5. The van der Waals surface area contributed by atoms with Crippen LogP contribution in [0.2, 0.25) is 0 Å². The normalized spacial score (nSPS) is 10.9. The molecule has 0 unspecified atom stereocenters. The molecule has 5 heteroatoms. The molecule has 0 radical (unpaired) electrons. The first-order valence-corrected chi connectivity index (χ1v) is 5.85. The van der Waals surface area contributed by atoms with Crippen molar-refractivity contribution in [3.63, 3.8) is 0 Å². The minimum Gasteiger partial charge on any atom is -0.382 e. The Balaban J connectivity index is 2.20. The van der Waals surface area contributed by atoms with Crippen LogP contribution in [0.4, 0.5) is 5.82 Å². The molecule has 2 aromatic heterocycles. The van der Waals surface area contributed by atoms with Gasteiger partial charge in [0.15, 0.2) is 11.3 Å². The number of benzene rings is 1. The zero-order valence-corrected chi connectivity index (χ0v) is 10.0. The number of rotatable bonds is 2. The molecule has 0 atom stereocenters. The third-order valence-electron chi connectivity index (χ3n) is 2.77. The number of nitrogens with zero attached hydrogens (tertiary/aromatic N) is 4. The molecule has 0 spiro atoms. The summed E-state index contributed by atoms with van der Waals surface area (Å²) in [6.45, 7) is 2.00. The Morgan fingerprint density at radius 1 is 1.17 bits per heavy atom. The van der Waals surface area contributed by atoms with Crippen LogP contribution in [0.3, 0.4) is 0 Å². The van der Waals surface area contributed by atoms with Crippen LogP contribution < -0.4 is 5.73 Å². The molecule has 2 heterocycles. The maximum atomic E-state index is 5.90. The van der Waals surface area contributed by atoms with Crippen molar-refractivity contribution in [1.82, 2.24) is 19.7 Å². The van der Waals surface area contributed by atoms with Crippen molar-refractivity contribution in [2.75, 3.05) is 5.73 Å². The maximum absolute atomic E-state index is 5.90. The van der Waals surface area contributed by atoms with Crippen molar-refractivity contribution in [2.24, 2.45) is 0 Å². The summed E-state index contributed by atoms with van der Waals surface area (Å²) in [6.07, 6.45) is 2.64. The first-order chi connectivity index (χ1) is 8.78. The Morgan fingerprint density at radius 3 is 2.67 bits per heavy atom. The smallest absolute Gasteiger partial charge is 0.155 e. The molecule has 1 aromatic carbocycles. The van der Waals surface area contributed by atoms with Crippen LogP contribution in [-0.2, 0) is 6.42 Å². The highest BCUT2D eigenvalue weighted by atomic mass is 15.3. The van der Waals surface area contributed by atoms with Crippen molar-refractivity contribution in [3.05, 3.63) is 42.4 Å². The molecule has 0 aliphatic rings. The third kappa shape index (κ3) is 1.69. The van der Waals surface area contributed by atoms with E-state index in [1.165, 1.54) is 0 Å². The van der Waals surface area contributed by atoms with Crippen LogP contribution in [-0.4, -0.2) is 19.7 Å². The lowest BCUT2D eigenvalue weighted by atomic mass is 10.3. The van der Waals surface area contributed by atoms with Gasteiger partial charge >= 0.3 is 0 Å². The highest BCUT2D eigenvalue weighted by Gasteiger charge is 2.09. The molecule has 2 N–H and O–H groups in total. The van der Waals surface area contributed by atoms with Gasteiger partial charge < -0.3 is 5.73 Å². The molecule has 0 bridgehead atoms. The van der Waals surface area contributed by atoms with Gasteiger partial charge in [0.25, 0.3) is 0 Å². The lowest BCUT2D eigenvalue weighted by Gasteiger charge is -1.98. The molecule has 3 aromatic rings. The van der Waals surface area contributed by atoms with Gasteiger partial charge in [-0.05, 0) is 12.1 Å². The number of fused-ring (bicyclic) bond motifs is 1. The van der Waals surface area contributed by atoms with E-state index in [1.54, 1.807) is 4.68 Å². The molecule has 0 aliphatic heterocycles. The minimum absolute atomic E-state index is 0.437. The van der Waals surface area contributed by atoms with Crippen LogP contribution in [0.15, 0.2) is 36.5 Å². The van der Waals surface area contributed by atoms with Gasteiger partial charge in [0, 0.05) is 6.42 Å². The second kappa shape index (κ2) is 4.10. The number of nitrogen functional groups attached to an aromatic ring is 1. The number of nitrogens with two attached hydrogens (primary N) is 1. The first kappa shape index (κ1) is 10.7. The average Bonchev–Trinajstić information content (AvgIpc) is 2.84. The van der Waals surface area contributed by atoms with E-state index >= 15 is 0 Å². The van der Waals surface area contributed by atoms with E-state index in [1.807, 2.05) is 43.5 Å². The molecule has 0 saturated carbocycles. The van der Waals surface area contributed by atoms with Crippen LogP contribution in [0.1, 0.15) is 12.7 Å². The summed E-state index contributed by atoms with van der Waals surface area (Å²) in [5.41, 5.74) is 8.31. The summed E-state index contributed by atoms with van der Waals surface area (Å²) in [5, 5.41) is 4.42. The summed E-state index contributed by atoms with van der Waals surface area (Å²) < 4.78 is 1.77. The van der Waals surface area contributed by atoms with Crippen LogP contribution in [0, 0.1) is 0 Å². The van der Waals surface area contributed by atoms with E-state index in [2.05, 4.69) is 15.1 Å². The van der Waals surface area contributed by atoms with E-state index in [-0.39, 0.29) is 0 Å². The Hall–Kier alpha value is -2.43. The van der Waals surface area contributed by atoms with Gasteiger partial charge in [-0.15, -0.1) is 0 Å². The largest absolute Gasteiger partial charge is 0.382 e. The van der Waals surface area contributed by atoms with Gasteiger partial charge in [0.2, 0.25) is 0 Å². The molecule has 90 valence electrons. The Bertz CT molecular complexity index is 687. The van der Waals surface area contributed by atoms with Gasteiger partial charge in [0.1, 0.15) is 11.3 Å². The van der Waals surface area contributed by atoms with Gasteiger partial charge in [-0.3, -0.25) is 0 Å². The van der Waals surface area contributed by atoms with Crippen molar-refractivity contribution in [2.45, 2.75) is 13.3 Å². The minimum atomic E-state index is 0.437. The Labute approximate surface area is 104 Å². The average molecular weight is 239 g/mol. The lowest BCUT2D eigenvalue weighted by Crippen LogP contribution is -1.99. The van der Waals surface area contributed by atoms with Crippen molar-refractivity contribution in [3.8, 4) is 5.69 Å². The van der Waals surface area contributed by atoms with Crippen molar-refractivity contribution >= 4 is 16.9 Å². The standard InChI is InChI=1S/C13H13N5/c1-2-11-15-10-8-18(9-6-4-3-5-7-9)17-12(10)13(14)16-11/h3-8H,2H2,1H3,(H2,14,15,16). The monoisotopic (exact) mass is 239 g/mol. The third-order valence-corrected chi connectivity index (χ3v) is 2.77. The predicted molar refractivity (Wildman–Crippen MR) is 70.5 cm³/mol. The summed E-state index contributed by atoms with van der Waals surface area (Å²) in [7, 11) is 0. The van der Waals surface area contributed by atoms with Crippen LogP contribution in [0.5, 0.6) is 0 Å². The SMILES string of the molecule is CCc1nc(N)c2nn(-c3ccccc3)cc2n1. The molecule has 0 saturated heterocycles. The van der Waals surface area contributed by atoms with E-state index in [0.29, 0.717) is 11.3 Å². The van der Waals surface area contributed by atoms with Gasteiger partial charge in [-0.2, -0.15) is 5.10 Å². The maximum Gasteiger partial charge on any atom is 0.155 e. The van der Waals surface area contributed by atoms with Crippen LogP contribution in [0.25, 0.3) is 16.7 Å². The summed E-state index contributed by atoms with van der Waals surface area (Å²) in [6, 6.07) is 9.87. The van der Waals surface area contributed by atoms with E-state index < -0.39 is 0 Å². The summed E-state index contributed by atoms with van der Waals surface area (Å²) in [5.74, 6) is 1.18. The number of aromatic nitrogens is 4. The highest BCUT2D eigenvalue weighted by Crippen LogP contribution is 2.18. The predicted octanol–water partition coefficient (Wildman–Crippen LogP) is 1.96. The van der Waals surface area contributed by atoms with Gasteiger partial charge in [-0.25, -0.2) is 14.6 Å². The van der Waals surface area contributed by atoms with Crippen LogP contribution >= 0.6 is 0 Å². The zero-order chi connectivity index (χ0) is 12.5. The quantitative estimate of drug-likeness (QED) is 0.742. The van der Waals surface area contributed by atoms with E-state index in [9.17, 15) is 0 Å². The molecule has 5 nitrogen and oxygen atoms in total. The zero-order valence-electron chi connectivity index (χ0n) is 10.0. The highest BCUT2D eigenvalue weighted by molar-refractivity contribution is 5.83. The van der Waals surface area contributed by atoms with Crippen molar-refractivity contribution in [1.29, 1.82) is 0 Å². The number of hydrogen-bond donors (Lipinski definition) is 1.